The molecule has 0 aliphatic rings. The summed E-state index contributed by atoms with van der Waals surface area (Å²) in [5.41, 5.74) is 10.6. The smallest absolute Gasteiger partial charge is 0.326 e. The van der Waals surface area contributed by atoms with E-state index in [1.165, 1.54) is 0 Å². The van der Waals surface area contributed by atoms with Gasteiger partial charge in [-0.25, -0.2) is 4.79 Å². The zero-order chi connectivity index (χ0) is 29.8. The third kappa shape index (κ3) is 12.2. The van der Waals surface area contributed by atoms with Crippen molar-refractivity contribution in [3.8, 4) is 0 Å². The van der Waals surface area contributed by atoms with E-state index in [0.717, 1.165) is 0 Å². The molecule has 12 nitrogen and oxygen atoms in total. The van der Waals surface area contributed by atoms with Crippen molar-refractivity contribution in [2.24, 2.45) is 16.6 Å². The lowest BCUT2D eigenvalue weighted by Gasteiger charge is -2.33. The maximum Gasteiger partial charge on any atom is 0.326 e. The van der Waals surface area contributed by atoms with E-state index in [0.29, 0.717) is 37.1 Å². The molecule has 1 aromatic carbocycles. The fourth-order valence-corrected chi connectivity index (χ4v) is 4.18. The van der Waals surface area contributed by atoms with Crippen LogP contribution in [0.2, 0.25) is 0 Å². The van der Waals surface area contributed by atoms with E-state index < -0.39 is 46.6 Å². The van der Waals surface area contributed by atoms with Gasteiger partial charge in [-0.3, -0.25) is 19.2 Å². The van der Waals surface area contributed by atoms with E-state index in [-0.39, 0.29) is 31.8 Å². The average molecular weight is 550 g/mol. The van der Waals surface area contributed by atoms with Crippen molar-refractivity contribution in [1.82, 2.24) is 16.0 Å². The molecule has 1 aromatic rings. The van der Waals surface area contributed by atoms with E-state index in [4.69, 9.17) is 11.5 Å². The Hall–Kier alpha value is -3.67. The van der Waals surface area contributed by atoms with Gasteiger partial charge in [0.25, 0.3) is 5.91 Å². The molecule has 0 spiro atoms. The monoisotopic (exact) mass is 549 g/mol. The molecule has 0 saturated heterocycles. The van der Waals surface area contributed by atoms with Gasteiger partial charge in [0.05, 0.1) is 0 Å². The number of hydrogen-bond acceptors (Lipinski definition) is 7. The highest BCUT2D eigenvalue weighted by Gasteiger charge is 2.36. The topological polar surface area (TPSA) is 214 Å². The first-order valence-electron chi connectivity index (χ1n) is 12.9. The molecule has 0 aliphatic heterocycles. The van der Waals surface area contributed by atoms with Crippen LogP contribution in [0.1, 0.15) is 76.6 Å². The molecule has 218 valence electrons. The van der Waals surface area contributed by atoms with Gasteiger partial charge in [-0.05, 0) is 61.8 Å². The number of anilines is 1. The van der Waals surface area contributed by atoms with Crippen molar-refractivity contribution in [1.29, 1.82) is 0 Å². The van der Waals surface area contributed by atoms with Crippen molar-refractivity contribution >= 4 is 35.3 Å². The zero-order valence-electron chi connectivity index (χ0n) is 23.2. The lowest BCUT2D eigenvalue weighted by Crippen LogP contribution is -2.49. The molecule has 0 aromatic heterocycles. The van der Waals surface area contributed by atoms with Crippen LogP contribution in [-0.2, 0) is 19.2 Å². The Labute approximate surface area is 229 Å². The molecule has 0 unspecified atom stereocenters. The number of aliphatic hydroxyl groups excluding tert-OH is 1. The van der Waals surface area contributed by atoms with E-state index in [1.54, 1.807) is 52.0 Å². The van der Waals surface area contributed by atoms with Gasteiger partial charge in [0.1, 0.15) is 12.1 Å². The molecule has 0 saturated carbocycles. The van der Waals surface area contributed by atoms with Gasteiger partial charge in [0, 0.05) is 36.2 Å². The molecule has 39 heavy (non-hydrogen) atoms. The first-order chi connectivity index (χ1) is 18.1. The standard InChI is InChI=1S/C27H43N5O7/c1-26(2,16-33)15-27(3,4)25(39)32-20(24(37)38)12-13-21(34)31-19(22(29)35)7-5-6-14-30-23(36)17-8-10-18(28)11-9-17/h8-11,19-20,33H,5-7,12-16,28H2,1-4H3,(H2,29,35)(H,30,36)(H,31,34)(H,32,39)(H,37,38)/t19-,20-/m0/s1. The Bertz CT molecular complexity index is 1010. The number of hydrogen-bond donors (Lipinski definition) is 7. The molecular formula is C27H43N5O7. The highest BCUT2D eigenvalue weighted by molar-refractivity contribution is 5.94. The maximum atomic E-state index is 12.7. The molecule has 1 rings (SSSR count). The maximum absolute atomic E-state index is 12.7. The molecule has 2 atom stereocenters. The summed E-state index contributed by atoms with van der Waals surface area (Å²) < 4.78 is 0. The third-order valence-electron chi connectivity index (χ3n) is 6.28. The number of carbonyl (C=O) groups excluding carboxylic acids is 4. The Morgan fingerprint density at radius 3 is 2.08 bits per heavy atom. The normalized spacial score (nSPS) is 13.2. The number of carboxylic acid groups (broad SMARTS) is 1. The summed E-state index contributed by atoms with van der Waals surface area (Å²) in [6.07, 6.45) is 1.16. The number of nitrogen functional groups attached to an aromatic ring is 1. The lowest BCUT2D eigenvalue weighted by atomic mass is 9.75. The number of aliphatic hydroxyl groups is 1. The second-order valence-electron chi connectivity index (χ2n) is 11.2. The molecule has 9 N–H and O–H groups in total. The van der Waals surface area contributed by atoms with Crippen molar-refractivity contribution in [3.63, 3.8) is 0 Å². The van der Waals surface area contributed by atoms with Crippen LogP contribution in [0.15, 0.2) is 24.3 Å². The number of carbonyl (C=O) groups is 5. The van der Waals surface area contributed by atoms with Crippen LogP contribution in [0.5, 0.6) is 0 Å². The van der Waals surface area contributed by atoms with Gasteiger partial charge in [0.2, 0.25) is 17.7 Å². The van der Waals surface area contributed by atoms with Crippen molar-refractivity contribution in [3.05, 3.63) is 29.8 Å². The summed E-state index contributed by atoms with van der Waals surface area (Å²) in [6, 6.07) is 4.22. The van der Waals surface area contributed by atoms with Crippen LogP contribution in [-0.4, -0.2) is 65.0 Å². The van der Waals surface area contributed by atoms with Crippen LogP contribution in [0.25, 0.3) is 0 Å². The fraction of sp³-hybridized carbons (Fsp3) is 0.593. The second-order valence-corrected chi connectivity index (χ2v) is 11.2. The summed E-state index contributed by atoms with van der Waals surface area (Å²) >= 11 is 0. The minimum atomic E-state index is -1.31. The van der Waals surface area contributed by atoms with Gasteiger partial charge < -0.3 is 37.6 Å². The number of nitrogens with one attached hydrogen (secondary N) is 3. The van der Waals surface area contributed by atoms with Crippen LogP contribution in [0.4, 0.5) is 5.69 Å². The number of unbranched alkanes of at least 4 members (excludes halogenated alkanes) is 1. The molecule has 12 heteroatoms. The molecule has 0 bridgehead atoms. The Morgan fingerprint density at radius 2 is 1.54 bits per heavy atom. The van der Waals surface area contributed by atoms with Crippen molar-refractivity contribution in [2.75, 3.05) is 18.9 Å². The highest BCUT2D eigenvalue weighted by atomic mass is 16.4. The van der Waals surface area contributed by atoms with Crippen LogP contribution >= 0.6 is 0 Å². The van der Waals surface area contributed by atoms with Gasteiger partial charge in [-0.2, -0.15) is 0 Å². The molecule has 4 amide bonds. The predicted molar refractivity (Wildman–Crippen MR) is 146 cm³/mol. The van der Waals surface area contributed by atoms with Crippen LogP contribution < -0.4 is 27.4 Å². The summed E-state index contributed by atoms with van der Waals surface area (Å²) in [7, 11) is 0. The Kier molecular flexibility index (Phi) is 12.9. The summed E-state index contributed by atoms with van der Waals surface area (Å²) in [5.74, 6) is -3.35. The highest BCUT2D eigenvalue weighted by Crippen LogP contribution is 2.33. The van der Waals surface area contributed by atoms with E-state index in [9.17, 15) is 34.2 Å². The number of primary amides is 1. The lowest BCUT2D eigenvalue weighted by molar-refractivity contribution is -0.144. The quantitative estimate of drug-likeness (QED) is 0.109. The molecule has 0 fully saturated rings. The SMILES string of the molecule is CC(C)(CO)CC(C)(C)C(=O)N[C@@H](CCC(=O)N[C@@H](CCCCNC(=O)c1ccc(N)cc1)C(N)=O)C(=O)O. The van der Waals surface area contributed by atoms with Crippen molar-refractivity contribution < 1.29 is 34.2 Å². The summed E-state index contributed by atoms with van der Waals surface area (Å²) in [4.78, 5) is 60.8. The second kappa shape index (κ2) is 15.1. The van der Waals surface area contributed by atoms with Gasteiger partial charge in [-0.15, -0.1) is 0 Å². The first kappa shape index (κ1) is 33.4. The number of carboxylic acids is 1. The number of benzene rings is 1. The Morgan fingerprint density at radius 1 is 0.923 bits per heavy atom. The zero-order valence-corrected chi connectivity index (χ0v) is 23.2. The van der Waals surface area contributed by atoms with E-state index >= 15 is 0 Å². The molecule has 0 radical (unpaired) electrons. The van der Waals surface area contributed by atoms with Gasteiger partial charge in [0.15, 0.2) is 0 Å². The van der Waals surface area contributed by atoms with Crippen LogP contribution in [0, 0.1) is 10.8 Å². The summed E-state index contributed by atoms with van der Waals surface area (Å²) in [6.45, 7) is 7.14. The number of rotatable bonds is 17. The van der Waals surface area contributed by atoms with E-state index in [2.05, 4.69) is 16.0 Å². The van der Waals surface area contributed by atoms with Crippen molar-refractivity contribution in [2.45, 2.75) is 78.3 Å². The van der Waals surface area contributed by atoms with Gasteiger partial charge >= 0.3 is 5.97 Å². The average Bonchev–Trinajstić information content (AvgIpc) is 2.84. The predicted octanol–water partition coefficient (Wildman–Crippen LogP) is 0.923. The fourth-order valence-electron chi connectivity index (χ4n) is 4.18. The molecule has 0 aliphatic carbocycles. The Balaban J connectivity index is 2.52. The number of amides is 4. The van der Waals surface area contributed by atoms with Gasteiger partial charge in [-0.1, -0.05) is 27.7 Å². The van der Waals surface area contributed by atoms with Crippen LogP contribution in [0.3, 0.4) is 0 Å². The largest absolute Gasteiger partial charge is 0.480 e. The van der Waals surface area contributed by atoms with E-state index in [1.807, 2.05) is 0 Å². The number of nitrogens with two attached hydrogens (primary N) is 2. The minimum Gasteiger partial charge on any atom is -0.480 e. The molecule has 0 heterocycles. The third-order valence-corrected chi connectivity index (χ3v) is 6.28. The summed E-state index contributed by atoms with van der Waals surface area (Å²) in [5, 5.41) is 26.8. The minimum absolute atomic E-state index is 0.133. The number of aliphatic carboxylic acids is 1. The first-order valence-corrected chi connectivity index (χ1v) is 12.9. The molecular weight excluding hydrogens is 506 g/mol.